The van der Waals surface area contributed by atoms with E-state index in [4.69, 9.17) is 4.74 Å². The average Bonchev–Trinajstić information content (AvgIpc) is 2.35. The molecule has 2 aromatic carbocycles. The monoisotopic (exact) mass is 290 g/mol. The predicted octanol–water partition coefficient (Wildman–Crippen LogP) is 4.47. The highest BCUT2D eigenvalue weighted by Crippen LogP contribution is 2.17. The van der Waals surface area contributed by atoms with Crippen molar-refractivity contribution in [2.75, 3.05) is 0 Å². The molecular weight excluding hydrogens is 276 g/mol. The van der Waals surface area contributed by atoms with Gasteiger partial charge < -0.3 is 4.74 Å². The van der Waals surface area contributed by atoms with Gasteiger partial charge in [-0.2, -0.15) is 0 Å². The van der Waals surface area contributed by atoms with Crippen LogP contribution in [-0.2, 0) is 18.0 Å². The van der Waals surface area contributed by atoms with Gasteiger partial charge in [-0.3, -0.25) is 0 Å². The van der Waals surface area contributed by atoms with E-state index in [1.54, 1.807) is 0 Å². The normalized spacial score (nSPS) is 10.5. The number of rotatable bonds is 4. The van der Waals surface area contributed by atoms with Gasteiger partial charge in [-0.1, -0.05) is 52.3 Å². The van der Waals surface area contributed by atoms with Crippen LogP contribution in [0, 0.1) is 6.92 Å². The Morgan fingerprint density at radius 3 is 2.53 bits per heavy atom. The quantitative estimate of drug-likeness (QED) is 0.807. The van der Waals surface area contributed by atoms with Gasteiger partial charge in [0.2, 0.25) is 0 Å². The first-order chi connectivity index (χ1) is 8.25. The van der Waals surface area contributed by atoms with E-state index in [-0.39, 0.29) is 0 Å². The molecule has 0 amide bonds. The molecule has 0 fully saturated rings. The summed E-state index contributed by atoms with van der Waals surface area (Å²) in [6.07, 6.45) is 0. The van der Waals surface area contributed by atoms with Gasteiger partial charge in [0, 0.05) is 4.47 Å². The standard InChI is InChI=1S/C15H15BrO/c1-12-7-8-15(16)9-14(12)11-17-10-13-5-3-2-4-6-13/h2-9H,10-11H2,1H3. The molecule has 0 saturated carbocycles. The zero-order valence-corrected chi connectivity index (χ0v) is 11.4. The summed E-state index contributed by atoms with van der Waals surface area (Å²) in [5.41, 5.74) is 3.71. The van der Waals surface area contributed by atoms with E-state index in [9.17, 15) is 0 Å². The van der Waals surface area contributed by atoms with Crippen LogP contribution in [0.2, 0.25) is 0 Å². The van der Waals surface area contributed by atoms with Gasteiger partial charge in [0.25, 0.3) is 0 Å². The van der Waals surface area contributed by atoms with Crippen LogP contribution in [0.25, 0.3) is 0 Å². The Morgan fingerprint density at radius 2 is 1.76 bits per heavy atom. The highest BCUT2D eigenvalue weighted by Gasteiger charge is 2.00. The molecule has 0 saturated heterocycles. The molecular formula is C15H15BrO. The summed E-state index contributed by atoms with van der Waals surface area (Å²) in [5.74, 6) is 0. The van der Waals surface area contributed by atoms with Crippen LogP contribution in [0.5, 0.6) is 0 Å². The fourth-order valence-electron chi connectivity index (χ4n) is 1.65. The molecule has 0 unspecified atom stereocenters. The Bertz CT molecular complexity index is 480. The maximum absolute atomic E-state index is 5.72. The molecule has 0 bridgehead atoms. The zero-order chi connectivity index (χ0) is 12.1. The number of aryl methyl sites for hydroxylation is 1. The summed E-state index contributed by atoms with van der Waals surface area (Å²) in [7, 11) is 0. The van der Waals surface area contributed by atoms with Crippen molar-refractivity contribution in [3.05, 3.63) is 69.7 Å². The van der Waals surface area contributed by atoms with Crippen molar-refractivity contribution < 1.29 is 4.74 Å². The van der Waals surface area contributed by atoms with Gasteiger partial charge in [-0.25, -0.2) is 0 Å². The van der Waals surface area contributed by atoms with Gasteiger partial charge in [0.1, 0.15) is 0 Å². The first-order valence-corrected chi connectivity index (χ1v) is 6.42. The van der Waals surface area contributed by atoms with E-state index >= 15 is 0 Å². The van der Waals surface area contributed by atoms with E-state index in [0.29, 0.717) is 13.2 Å². The van der Waals surface area contributed by atoms with Crippen LogP contribution in [0.3, 0.4) is 0 Å². The van der Waals surface area contributed by atoms with E-state index in [1.165, 1.54) is 16.7 Å². The minimum atomic E-state index is 0.653. The Balaban J connectivity index is 1.92. The van der Waals surface area contributed by atoms with Crippen molar-refractivity contribution in [1.82, 2.24) is 0 Å². The highest BCUT2D eigenvalue weighted by atomic mass is 79.9. The molecule has 1 nitrogen and oxygen atoms in total. The Kier molecular flexibility index (Phi) is 4.35. The van der Waals surface area contributed by atoms with Crippen molar-refractivity contribution in [2.45, 2.75) is 20.1 Å². The van der Waals surface area contributed by atoms with Crippen LogP contribution < -0.4 is 0 Å². The van der Waals surface area contributed by atoms with E-state index in [1.807, 2.05) is 18.2 Å². The lowest BCUT2D eigenvalue weighted by Crippen LogP contribution is -1.96. The second-order valence-corrected chi connectivity index (χ2v) is 4.96. The SMILES string of the molecule is Cc1ccc(Br)cc1COCc1ccccc1. The highest BCUT2D eigenvalue weighted by molar-refractivity contribution is 9.10. The van der Waals surface area contributed by atoms with Gasteiger partial charge in [0.05, 0.1) is 13.2 Å². The number of hydrogen-bond donors (Lipinski definition) is 0. The third-order valence-corrected chi connectivity index (χ3v) is 3.17. The summed E-state index contributed by atoms with van der Waals surface area (Å²) in [6, 6.07) is 16.5. The molecule has 2 heteroatoms. The lowest BCUT2D eigenvalue weighted by molar-refractivity contribution is 0.107. The van der Waals surface area contributed by atoms with Crippen molar-refractivity contribution >= 4 is 15.9 Å². The first-order valence-electron chi connectivity index (χ1n) is 5.62. The minimum Gasteiger partial charge on any atom is -0.372 e. The molecule has 0 aromatic heterocycles. The van der Waals surface area contributed by atoms with Gasteiger partial charge >= 0.3 is 0 Å². The maximum Gasteiger partial charge on any atom is 0.0724 e. The van der Waals surface area contributed by atoms with Crippen LogP contribution in [-0.4, -0.2) is 0 Å². The van der Waals surface area contributed by atoms with Gasteiger partial charge in [-0.15, -0.1) is 0 Å². The summed E-state index contributed by atoms with van der Waals surface area (Å²) >= 11 is 3.48. The Labute approximate surface area is 111 Å². The smallest absolute Gasteiger partial charge is 0.0724 e. The van der Waals surface area contributed by atoms with Crippen LogP contribution in [0.1, 0.15) is 16.7 Å². The largest absolute Gasteiger partial charge is 0.372 e. The molecule has 2 aromatic rings. The summed E-state index contributed by atoms with van der Waals surface area (Å²) in [5, 5.41) is 0. The third kappa shape index (κ3) is 3.69. The van der Waals surface area contributed by atoms with Crippen LogP contribution in [0.15, 0.2) is 53.0 Å². The van der Waals surface area contributed by atoms with Crippen molar-refractivity contribution in [1.29, 1.82) is 0 Å². The zero-order valence-electron chi connectivity index (χ0n) is 9.82. The first kappa shape index (κ1) is 12.3. The van der Waals surface area contributed by atoms with Crippen molar-refractivity contribution in [2.24, 2.45) is 0 Å². The second-order valence-electron chi connectivity index (χ2n) is 4.05. The lowest BCUT2D eigenvalue weighted by atomic mass is 10.1. The topological polar surface area (TPSA) is 9.23 Å². The predicted molar refractivity (Wildman–Crippen MR) is 73.8 cm³/mol. The molecule has 17 heavy (non-hydrogen) atoms. The lowest BCUT2D eigenvalue weighted by Gasteiger charge is -2.08. The van der Waals surface area contributed by atoms with Gasteiger partial charge in [-0.05, 0) is 35.7 Å². The minimum absolute atomic E-state index is 0.653. The number of ether oxygens (including phenoxy) is 1. The molecule has 0 N–H and O–H groups in total. The summed E-state index contributed by atoms with van der Waals surface area (Å²) in [6.45, 7) is 3.42. The van der Waals surface area contributed by atoms with E-state index in [2.05, 4.69) is 53.2 Å². The number of benzene rings is 2. The summed E-state index contributed by atoms with van der Waals surface area (Å²) in [4.78, 5) is 0. The Morgan fingerprint density at radius 1 is 1.00 bits per heavy atom. The van der Waals surface area contributed by atoms with Crippen LogP contribution >= 0.6 is 15.9 Å². The molecule has 0 aliphatic carbocycles. The number of hydrogen-bond acceptors (Lipinski definition) is 1. The maximum atomic E-state index is 5.72. The molecule has 2 rings (SSSR count). The van der Waals surface area contributed by atoms with Gasteiger partial charge in [0.15, 0.2) is 0 Å². The molecule has 0 aliphatic rings. The molecule has 0 spiro atoms. The fraction of sp³-hybridized carbons (Fsp3) is 0.200. The fourth-order valence-corrected chi connectivity index (χ4v) is 2.06. The van der Waals surface area contributed by atoms with Crippen molar-refractivity contribution in [3.8, 4) is 0 Å². The molecule has 0 aliphatic heterocycles. The number of halogens is 1. The molecule has 88 valence electrons. The molecule has 0 heterocycles. The Hall–Kier alpha value is -1.12. The molecule has 0 atom stereocenters. The van der Waals surface area contributed by atoms with Crippen LogP contribution in [0.4, 0.5) is 0 Å². The van der Waals surface area contributed by atoms with E-state index in [0.717, 1.165) is 4.47 Å². The summed E-state index contributed by atoms with van der Waals surface area (Å²) < 4.78 is 6.82. The van der Waals surface area contributed by atoms with E-state index < -0.39 is 0 Å². The van der Waals surface area contributed by atoms with Crippen molar-refractivity contribution in [3.63, 3.8) is 0 Å². The average molecular weight is 291 g/mol. The second kappa shape index (κ2) is 5.99. The third-order valence-electron chi connectivity index (χ3n) is 2.68. The molecule has 0 radical (unpaired) electrons.